The van der Waals surface area contributed by atoms with Crippen LogP contribution in [0.1, 0.15) is 18.1 Å². The van der Waals surface area contributed by atoms with E-state index in [1.165, 1.54) is 24.3 Å². The third kappa shape index (κ3) is 3.48. The maximum atomic E-state index is 13.1. The third-order valence-corrected chi connectivity index (χ3v) is 5.54. The topological polar surface area (TPSA) is 77.1 Å². The summed E-state index contributed by atoms with van der Waals surface area (Å²) >= 11 is 3.42. The summed E-state index contributed by atoms with van der Waals surface area (Å²) in [7, 11) is 0. The summed E-state index contributed by atoms with van der Waals surface area (Å²) in [6.45, 7) is -1.26. The number of alkyl halides is 2. The molecule has 2 heterocycles. The minimum atomic E-state index is -2.94. The van der Waals surface area contributed by atoms with Crippen LogP contribution in [0, 0.1) is 0 Å². The zero-order valence-corrected chi connectivity index (χ0v) is 16.7. The number of nitrogens with one attached hydrogen (secondary N) is 1. The maximum Gasteiger partial charge on any atom is 0.387 e. The van der Waals surface area contributed by atoms with Crippen molar-refractivity contribution in [2.24, 2.45) is 0 Å². The van der Waals surface area contributed by atoms with E-state index in [1.807, 2.05) is 0 Å². The average Bonchev–Trinajstić information content (AvgIpc) is 3.20. The number of ether oxygens (including phenoxy) is 3. The molecule has 7 nitrogen and oxygen atoms in total. The summed E-state index contributed by atoms with van der Waals surface area (Å²) < 4.78 is 40.3. The summed E-state index contributed by atoms with van der Waals surface area (Å²) in [5.74, 6) is 0.612. The number of hydrogen-bond donors (Lipinski definition) is 1. The molecule has 0 aromatic heterocycles. The predicted octanol–water partition coefficient (Wildman–Crippen LogP) is 3.75. The molecule has 1 saturated heterocycles. The monoisotopic (exact) mass is 468 g/mol. The number of imide groups is 1. The van der Waals surface area contributed by atoms with Crippen LogP contribution in [0.2, 0.25) is 0 Å². The van der Waals surface area contributed by atoms with E-state index in [0.717, 1.165) is 4.90 Å². The highest BCUT2D eigenvalue weighted by Gasteiger charge is 2.49. The average molecular weight is 469 g/mol. The Morgan fingerprint density at radius 3 is 2.52 bits per heavy atom. The lowest BCUT2D eigenvalue weighted by atomic mass is 9.92. The van der Waals surface area contributed by atoms with Crippen LogP contribution in [0.3, 0.4) is 0 Å². The Balaban J connectivity index is 1.57. The molecular formula is C19H15BrF2N2O5. The second-order valence-corrected chi connectivity index (χ2v) is 7.50. The van der Waals surface area contributed by atoms with Crippen molar-refractivity contribution in [3.05, 3.63) is 52.0 Å². The minimum absolute atomic E-state index is 0.0179. The number of benzene rings is 2. The molecule has 2 aromatic carbocycles. The molecule has 1 atom stereocenters. The number of fused-ring (bicyclic) bond motifs is 1. The van der Waals surface area contributed by atoms with E-state index < -0.39 is 24.1 Å². The molecule has 2 aliphatic heterocycles. The van der Waals surface area contributed by atoms with Gasteiger partial charge >= 0.3 is 12.6 Å². The first-order chi connectivity index (χ1) is 13.8. The highest BCUT2D eigenvalue weighted by atomic mass is 79.9. The highest BCUT2D eigenvalue weighted by Crippen LogP contribution is 2.38. The lowest BCUT2D eigenvalue weighted by molar-refractivity contribution is -0.131. The first-order valence-electron chi connectivity index (χ1n) is 8.55. The van der Waals surface area contributed by atoms with Crippen LogP contribution in [0.25, 0.3) is 0 Å². The van der Waals surface area contributed by atoms with Crippen LogP contribution < -0.4 is 19.5 Å². The van der Waals surface area contributed by atoms with Gasteiger partial charge < -0.3 is 19.5 Å². The van der Waals surface area contributed by atoms with Crippen molar-refractivity contribution in [1.82, 2.24) is 10.2 Å². The Labute approximate surface area is 172 Å². The Morgan fingerprint density at radius 1 is 1.21 bits per heavy atom. The van der Waals surface area contributed by atoms with E-state index in [-0.39, 0.29) is 19.1 Å². The van der Waals surface area contributed by atoms with Gasteiger partial charge in [0.1, 0.15) is 11.3 Å². The number of carbonyl (C=O) groups excluding carboxylic acids is 2. The van der Waals surface area contributed by atoms with Crippen LogP contribution in [0.4, 0.5) is 13.6 Å². The molecule has 10 heteroatoms. The molecule has 1 N–H and O–H groups in total. The molecule has 0 spiro atoms. The van der Waals surface area contributed by atoms with Gasteiger partial charge in [-0.2, -0.15) is 8.78 Å². The van der Waals surface area contributed by atoms with Crippen molar-refractivity contribution in [1.29, 1.82) is 0 Å². The van der Waals surface area contributed by atoms with Crippen LogP contribution >= 0.6 is 15.9 Å². The number of amides is 3. The van der Waals surface area contributed by atoms with Gasteiger partial charge in [-0.1, -0.05) is 28.1 Å². The Morgan fingerprint density at radius 2 is 1.86 bits per heavy atom. The zero-order chi connectivity index (χ0) is 20.8. The molecule has 152 valence electrons. The first kappa shape index (κ1) is 19.4. The first-order valence-corrected chi connectivity index (χ1v) is 9.35. The van der Waals surface area contributed by atoms with Crippen LogP contribution in [-0.2, 0) is 16.9 Å². The Bertz CT molecular complexity index is 985. The Kier molecular flexibility index (Phi) is 4.81. The molecule has 2 aromatic rings. The highest BCUT2D eigenvalue weighted by molar-refractivity contribution is 9.10. The molecule has 0 radical (unpaired) electrons. The zero-order valence-electron chi connectivity index (χ0n) is 15.1. The number of hydrogen-bond acceptors (Lipinski definition) is 5. The van der Waals surface area contributed by atoms with Gasteiger partial charge in [0.2, 0.25) is 6.79 Å². The molecule has 1 fully saturated rings. The second kappa shape index (κ2) is 7.18. The van der Waals surface area contributed by atoms with E-state index in [2.05, 4.69) is 26.0 Å². The lowest BCUT2D eigenvalue weighted by Gasteiger charge is -2.22. The standard InChI is InChI=1S/C19H15BrF2N2O5/c1-19(11-2-4-12(5-3-11)29-17(21)22)16(25)24(18(26)23-19)8-10-6-14-15(7-13(10)20)28-9-27-14/h2-7,17H,8-9H2,1H3,(H,23,26)/t19-/m1/s1. The molecule has 4 rings (SSSR count). The molecule has 0 aliphatic carbocycles. The second-order valence-electron chi connectivity index (χ2n) is 6.65. The predicted molar refractivity (Wildman–Crippen MR) is 99.8 cm³/mol. The molecule has 3 amide bonds. The van der Waals surface area contributed by atoms with Crippen molar-refractivity contribution >= 4 is 27.9 Å². The third-order valence-electron chi connectivity index (χ3n) is 4.80. The fourth-order valence-electron chi connectivity index (χ4n) is 3.26. The summed E-state index contributed by atoms with van der Waals surface area (Å²) in [5, 5.41) is 2.68. The minimum Gasteiger partial charge on any atom is -0.454 e. The fraction of sp³-hybridized carbons (Fsp3) is 0.263. The van der Waals surface area contributed by atoms with Gasteiger partial charge in [0, 0.05) is 4.47 Å². The van der Waals surface area contributed by atoms with Crippen molar-refractivity contribution in [2.45, 2.75) is 25.6 Å². The van der Waals surface area contributed by atoms with Crippen molar-refractivity contribution in [3.8, 4) is 17.2 Å². The summed E-state index contributed by atoms with van der Waals surface area (Å²) in [6, 6.07) is 8.45. The molecular weight excluding hydrogens is 454 g/mol. The number of carbonyl (C=O) groups is 2. The summed E-state index contributed by atoms with van der Waals surface area (Å²) in [6.07, 6.45) is 0. The van der Waals surface area contributed by atoms with Crippen LogP contribution in [0.5, 0.6) is 17.2 Å². The summed E-state index contributed by atoms with van der Waals surface area (Å²) in [5.41, 5.74) is -0.212. The van der Waals surface area contributed by atoms with Gasteiger partial charge in [-0.05, 0) is 42.3 Å². The van der Waals surface area contributed by atoms with Crippen molar-refractivity contribution < 1.29 is 32.6 Å². The number of nitrogens with zero attached hydrogens (tertiary/aromatic N) is 1. The lowest BCUT2D eigenvalue weighted by Crippen LogP contribution is -2.40. The largest absolute Gasteiger partial charge is 0.454 e. The molecule has 29 heavy (non-hydrogen) atoms. The van der Waals surface area contributed by atoms with E-state index in [0.29, 0.717) is 27.1 Å². The quantitative estimate of drug-likeness (QED) is 0.676. The molecule has 2 aliphatic rings. The van der Waals surface area contributed by atoms with Gasteiger partial charge in [0.05, 0.1) is 6.54 Å². The van der Waals surface area contributed by atoms with E-state index in [1.54, 1.807) is 19.1 Å². The normalized spacial score (nSPS) is 20.4. The maximum absolute atomic E-state index is 13.1. The Hall–Kier alpha value is -2.88. The molecule has 0 saturated carbocycles. The number of halogens is 3. The van der Waals surface area contributed by atoms with Crippen LogP contribution in [-0.4, -0.2) is 30.2 Å². The van der Waals surface area contributed by atoms with Gasteiger partial charge in [0.15, 0.2) is 11.5 Å². The smallest absolute Gasteiger partial charge is 0.387 e. The van der Waals surface area contributed by atoms with Gasteiger partial charge in [-0.3, -0.25) is 9.69 Å². The van der Waals surface area contributed by atoms with Gasteiger partial charge in [-0.25, -0.2) is 4.79 Å². The van der Waals surface area contributed by atoms with E-state index in [4.69, 9.17) is 9.47 Å². The number of urea groups is 1. The van der Waals surface area contributed by atoms with Gasteiger partial charge in [-0.15, -0.1) is 0 Å². The molecule has 0 bridgehead atoms. The summed E-state index contributed by atoms with van der Waals surface area (Å²) in [4.78, 5) is 26.7. The van der Waals surface area contributed by atoms with Crippen molar-refractivity contribution in [2.75, 3.05) is 6.79 Å². The van der Waals surface area contributed by atoms with Crippen molar-refractivity contribution in [3.63, 3.8) is 0 Å². The molecule has 0 unspecified atom stereocenters. The fourth-order valence-corrected chi connectivity index (χ4v) is 3.70. The van der Waals surface area contributed by atoms with Gasteiger partial charge in [0.25, 0.3) is 5.91 Å². The van der Waals surface area contributed by atoms with Crippen LogP contribution in [0.15, 0.2) is 40.9 Å². The SMILES string of the molecule is C[C@]1(c2ccc(OC(F)F)cc2)NC(=O)N(Cc2cc3c(cc2Br)OCO3)C1=O. The number of rotatable bonds is 5. The van der Waals surface area contributed by atoms with E-state index in [9.17, 15) is 18.4 Å². The van der Waals surface area contributed by atoms with E-state index >= 15 is 0 Å².